The van der Waals surface area contributed by atoms with E-state index in [4.69, 9.17) is 0 Å². The Labute approximate surface area is 111 Å². The van der Waals surface area contributed by atoms with Crippen molar-refractivity contribution in [3.63, 3.8) is 0 Å². The summed E-state index contributed by atoms with van der Waals surface area (Å²) in [4.78, 5) is 13.7. The first-order valence-electron chi connectivity index (χ1n) is 7.15. The maximum Gasteiger partial charge on any atom is 0.225 e. The number of allylic oxidation sites excluding steroid dienone is 3. The number of hydrogen-bond acceptors (Lipinski definition) is 1. The second-order valence-corrected chi connectivity index (χ2v) is 5.96. The molecule has 0 aromatic carbocycles. The molecule has 2 rings (SSSR count). The monoisotopic (exact) mass is 247 g/mol. The molecule has 2 aliphatic rings. The molecule has 2 nitrogen and oxygen atoms in total. The van der Waals surface area contributed by atoms with Crippen LogP contribution in [0.25, 0.3) is 0 Å². The van der Waals surface area contributed by atoms with Gasteiger partial charge in [-0.3, -0.25) is 4.79 Å². The van der Waals surface area contributed by atoms with E-state index in [9.17, 15) is 4.79 Å². The lowest BCUT2D eigenvalue weighted by Gasteiger charge is -2.22. The molecule has 1 fully saturated rings. The Morgan fingerprint density at radius 2 is 2.11 bits per heavy atom. The fourth-order valence-electron chi connectivity index (χ4n) is 2.56. The van der Waals surface area contributed by atoms with Gasteiger partial charge in [0.2, 0.25) is 5.91 Å². The summed E-state index contributed by atoms with van der Waals surface area (Å²) in [5.74, 6) is 1.36. The molecule has 2 aliphatic carbocycles. The lowest BCUT2D eigenvalue weighted by molar-refractivity contribution is -0.130. The Balaban J connectivity index is 1.82. The van der Waals surface area contributed by atoms with Crippen molar-refractivity contribution < 1.29 is 4.79 Å². The zero-order valence-corrected chi connectivity index (χ0v) is 11.9. The molecular weight excluding hydrogens is 222 g/mol. The third kappa shape index (κ3) is 3.47. The highest BCUT2D eigenvalue weighted by Gasteiger charge is 2.31. The fraction of sp³-hybridized carbons (Fsp3) is 0.688. The number of likely N-dealkylation sites (N-methyl/N-ethyl adjacent to an activating group) is 1. The Morgan fingerprint density at radius 1 is 1.39 bits per heavy atom. The molecule has 1 amide bonds. The topological polar surface area (TPSA) is 20.3 Å². The second-order valence-electron chi connectivity index (χ2n) is 5.96. The van der Waals surface area contributed by atoms with Gasteiger partial charge in [0.25, 0.3) is 0 Å². The molecule has 0 N–H and O–H groups in total. The van der Waals surface area contributed by atoms with Crippen LogP contribution in [-0.4, -0.2) is 24.4 Å². The van der Waals surface area contributed by atoms with Gasteiger partial charge in [-0.15, -0.1) is 0 Å². The van der Waals surface area contributed by atoms with Crippen LogP contribution in [0.1, 0.15) is 46.0 Å². The largest absolute Gasteiger partial charge is 0.342 e. The van der Waals surface area contributed by atoms with Crippen molar-refractivity contribution in [2.75, 3.05) is 13.6 Å². The lowest BCUT2D eigenvalue weighted by atomic mass is 9.85. The number of rotatable bonds is 4. The van der Waals surface area contributed by atoms with Crippen LogP contribution in [0.5, 0.6) is 0 Å². The highest BCUT2D eigenvalue weighted by atomic mass is 16.2. The molecule has 0 bridgehead atoms. The van der Waals surface area contributed by atoms with Crippen LogP contribution < -0.4 is 0 Å². The van der Waals surface area contributed by atoms with Gasteiger partial charge in [0.1, 0.15) is 0 Å². The van der Waals surface area contributed by atoms with Gasteiger partial charge in [0.05, 0.1) is 0 Å². The zero-order valence-electron chi connectivity index (χ0n) is 11.9. The number of nitrogens with zero attached hydrogens (tertiary/aromatic N) is 1. The van der Waals surface area contributed by atoms with E-state index in [0.29, 0.717) is 17.7 Å². The summed E-state index contributed by atoms with van der Waals surface area (Å²) >= 11 is 0. The van der Waals surface area contributed by atoms with Crippen LogP contribution in [0.15, 0.2) is 23.3 Å². The molecule has 100 valence electrons. The maximum atomic E-state index is 11.8. The summed E-state index contributed by atoms with van der Waals surface area (Å²) in [7, 11) is 1.93. The number of hydrogen-bond donors (Lipinski definition) is 0. The van der Waals surface area contributed by atoms with Crippen molar-refractivity contribution in [2.24, 2.45) is 11.8 Å². The van der Waals surface area contributed by atoms with Crippen molar-refractivity contribution in [3.05, 3.63) is 23.3 Å². The van der Waals surface area contributed by atoms with Gasteiger partial charge in [-0.25, -0.2) is 0 Å². The molecule has 0 aliphatic heterocycles. The maximum absolute atomic E-state index is 11.8. The Kier molecular flexibility index (Phi) is 4.26. The highest BCUT2D eigenvalue weighted by molar-refractivity contribution is 5.80. The predicted molar refractivity (Wildman–Crippen MR) is 75.2 cm³/mol. The summed E-state index contributed by atoms with van der Waals surface area (Å²) in [5.41, 5.74) is 2.98. The first kappa shape index (κ1) is 13.4. The van der Waals surface area contributed by atoms with Gasteiger partial charge in [-0.1, -0.05) is 23.3 Å². The Morgan fingerprint density at radius 3 is 2.67 bits per heavy atom. The smallest absolute Gasteiger partial charge is 0.225 e. The van der Waals surface area contributed by atoms with Crippen molar-refractivity contribution in [1.29, 1.82) is 0 Å². The van der Waals surface area contributed by atoms with Crippen molar-refractivity contribution in [3.8, 4) is 0 Å². The molecule has 0 heterocycles. The average molecular weight is 247 g/mol. The first-order chi connectivity index (χ1) is 8.58. The van der Waals surface area contributed by atoms with Crippen LogP contribution in [0.4, 0.5) is 0 Å². The van der Waals surface area contributed by atoms with Crippen LogP contribution in [0.2, 0.25) is 0 Å². The van der Waals surface area contributed by atoms with E-state index in [1.54, 1.807) is 0 Å². The van der Waals surface area contributed by atoms with Crippen LogP contribution >= 0.6 is 0 Å². The van der Waals surface area contributed by atoms with Crippen molar-refractivity contribution in [2.45, 2.75) is 46.0 Å². The normalized spacial score (nSPS) is 24.7. The Bertz CT molecular complexity index is 377. The third-order valence-electron chi connectivity index (χ3n) is 4.27. The number of amides is 1. The SMILES string of the molecule is CC1=CCC(C(C)=CCN(C)C(=O)C2CC2)CC1. The van der Waals surface area contributed by atoms with E-state index in [2.05, 4.69) is 26.0 Å². The van der Waals surface area contributed by atoms with Crippen molar-refractivity contribution in [1.82, 2.24) is 4.90 Å². The number of carbonyl (C=O) groups is 1. The molecule has 0 radical (unpaired) electrons. The highest BCUT2D eigenvalue weighted by Crippen LogP contribution is 2.31. The summed E-state index contributed by atoms with van der Waals surface area (Å²) in [6, 6.07) is 0. The van der Waals surface area contributed by atoms with Gasteiger partial charge < -0.3 is 4.90 Å². The van der Waals surface area contributed by atoms with Gasteiger partial charge >= 0.3 is 0 Å². The molecular formula is C16H25NO. The number of carbonyl (C=O) groups excluding carboxylic acids is 1. The minimum atomic E-state index is 0.332. The second kappa shape index (κ2) is 5.73. The van der Waals surface area contributed by atoms with Crippen LogP contribution in [0.3, 0.4) is 0 Å². The van der Waals surface area contributed by atoms with E-state index < -0.39 is 0 Å². The van der Waals surface area contributed by atoms with Crippen LogP contribution in [-0.2, 0) is 4.79 Å². The van der Waals surface area contributed by atoms with Gasteiger partial charge in [0.15, 0.2) is 0 Å². The molecule has 0 spiro atoms. The summed E-state index contributed by atoms with van der Waals surface area (Å²) in [6.45, 7) is 5.21. The molecule has 0 saturated heterocycles. The molecule has 2 heteroatoms. The van der Waals surface area contributed by atoms with E-state index in [1.165, 1.54) is 30.4 Å². The minimum absolute atomic E-state index is 0.332. The van der Waals surface area contributed by atoms with E-state index in [-0.39, 0.29) is 0 Å². The zero-order chi connectivity index (χ0) is 13.1. The molecule has 18 heavy (non-hydrogen) atoms. The van der Waals surface area contributed by atoms with Gasteiger partial charge in [0, 0.05) is 19.5 Å². The first-order valence-corrected chi connectivity index (χ1v) is 7.15. The molecule has 1 atom stereocenters. The average Bonchev–Trinajstić information content (AvgIpc) is 3.19. The Hall–Kier alpha value is -1.05. The minimum Gasteiger partial charge on any atom is -0.342 e. The fourth-order valence-corrected chi connectivity index (χ4v) is 2.56. The van der Waals surface area contributed by atoms with Crippen LogP contribution in [0, 0.1) is 11.8 Å². The lowest BCUT2D eigenvalue weighted by Crippen LogP contribution is -2.28. The summed E-state index contributed by atoms with van der Waals surface area (Å²) in [5, 5.41) is 0. The van der Waals surface area contributed by atoms with E-state index in [0.717, 1.165) is 19.4 Å². The summed E-state index contributed by atoms with van der Waals surface area (Å²) < 4.78 is 0. The van der Waals surface area contributed by atoms with E-state index in [1.807, 2.05) is 11.9 Å². The standard InChI is InChI=1S/C16H25NO/c1-12-4-6-14(7-5-12)13(2)10-11-17(3)16(18)15-8-9-15/h4,10,14-15H,5-9,11H2,1-3H3. The third-order valence-corrected chi connectivity index (χ3v) is 4.27. The molecule has 1 unspecified atom stereocenters. The van der Waals surface area contributed by atoms with Crippen molar-refractivity contribution >= 4 is 5.91 Å². The molecule has 0 aromatic heterocycles. The molecule has 0 aromatic rings. The predicted octanol–water partition coefficient (Wildman–Crippen LogP) is 3.55. The van der Waals surface area contributed by atoms with Gasteiger partial charge in [-0.2, -0.15) is 0 Å². The molecule has 1 saturated carbocycles. The quantitative estimate of drug-likeness (QED) is 0.696. The summed E-state index contributed by atoms with van der Waals surface area (Å²) in [6.07, 6.45) is 10.5. The van der Waals surface area contributed by atoms with Gasteiger partial charge in [-0.05, 0) is 51.9 Å². The van der Waals surface area contributed by atoms with E-state index >= 15 is 0 Å².